The monoisotopic (exact) mass is 371 g/mol. The maximum absolute atomic E-state index is 12.4. The molecule has 2 N–H and O–H groups in total. The molecular formula is C20H29N5O2. The zero-order valence-electron chi connectivity index (χ0n) is 16.4. The van der Waals surface area contributed by atoms with Gasteiger partial charge >= 0.3 is 5.97 Å². The number of benzene rings is 1. The number of hydrogen-bond acceptors (Lipinski definition) is 7. The molecule has 3 rings (SSSR count). The van der Waals surface area contributed by atoms with E-state index in [2.05, 4.69) is 15.5 Å². The number of fused-ring (bicyclic) bond motifs is 1. The van der Waals surface area contributed by atoms with Crippen molar-refractivity contribution in [2.45, 2.75) is 33.4 Å². The van der Waals surface area contributed by atoms with E-state index in [1.807, 2.05) is 45.0 Å². The molecule has 2 heterocycles. The zero-order chi connectivity index (χ0) is 19.2. The minimum atomic E-state index is -0.449. The molecule has 146 valence electrons. The molecule has 0 radical (unpaired) electrons. The van der Waals surface area contributed by atoms with Crippen molar-refractivity contribution >= 4 is 22.7 Å². The number of esters is 1. The fourth-order valence-corrected chi connectivity index (χ4v) is 3.25. The third-order valence-electron chi connectivity index (χ3n) is 4.72. The number of ether oxygens (including phenoxy) is 1. The maximum atomic E-state index is 12.4. The topological polar surface area (TPSA) is 79.4 Å². The smallest absolute Gasteiger partial charge is 0.328 e. The Morgan fingerprint density at radius 1 is 1.26 bits per heavy atom. The standard InChI is InChI=1S/C20H29N5O2/c1-4-27-20(26)18(14(2)3)24-19-15-7-5-6-8-16(15)22-17(23-19)13-25-11-9-21-10-12-25/h5-8,14,18,21H,4,9-13H2,1-3H3,(H,22,23,24)/t18-/m0/s1. The Hall–Kier alpha value is -2.25. The molecule has 1 aromatic heterocycles. The van der Waals surface area contributed by atoms with Gasteiger partial charge in [-0.1, -0.05) is 26.0 Å². The summed E-state index contributed by atoms with van der Waals surface area (Å²) in [6.45, 7) is 10.8. The quantitative estimate of drug-likeness (QED) is 0.721. The number of anilines is 1. The number of carbonyl (C=O) groups is 1. The number of aromatic nitrogens is 2. The van der Waals surface area contributed by atoms with E-state index in [4.69, 9.17) is 14.7 Å². The maximum Gasteiger partial charge on any atom is 0.328 e. The molecule has 0 bridgehead atoms. The van der Waals surface area contributed by atoms with E-state index in [-0.39, 0.29) is 11.9 Å². The lowest BCUT2D eigenvalue weighted by molar-refractivity contribution is -0.145. The summed E-state index contributed by atoms with van der Waals surface area (Å²) in [7, 11) is 0. The van der Waals surface area contributed by atoms with Crippen LogP contribution in [0, 0.1) is 5.92 Å². The van der Waals surface area contributed by atoms with Crippen molar-refractivity contribution in [3.8, 4) is 0 Å². The first-order valence-electron chi connectivity index (χ1n) is 9.70. The van der Waals surface area contributed by atoms with Gasteiger partial charge in [0.05, 0.1) is 18.7 Å². The highest BCUT2D eigenvalue weighted by molar-refractivity contribution is 5.91. The number of carbonyl (C=O) groups excluding carboxylic acids is 1. The Balaban J connectivity index is 1.90. The van der Waals surface area contributed by atoms with Crippen LogP contribution in [0.5, 0.6) is 0 Å². The van der Waals surface area contributed by atoms with Crippen LogP contribution in [0.2, 0.25) is 0 Å². The van der Waals surface area contributed by atoms with Gasteiger partial charge in [-0.2, -0.15) is 0 Å². The molecule has 1 saturated heterocycles. The Labute approximate surface area is 160 Å². The second-order valence-corrected chi connectivity index (χ2v) is 7.15. The Kier molecular flexibility index (Phi) is 6.58. The molecule has 0 saturated carbocycles. The molecule has 0 unspecified atom stereocenters. The predicted molar refractivity (Wildman–Crippen MR) is 107 cm³/mol. The van der Waals surface area contributed by atoms with Gasteiger partial charge in [0.25, 0.3) is 0 Å². The zero-order valence-corrected chi connectivity index (χ0v) is 16.4. The number of nitrogens with one attached hydrogen (secondary N) is 2. The Morgan fingerprint density at radius 3 is 2.70 bits per heavy atom. The Bertz CT molecular complexity index is 774. The van der Waals surface area contributed by atoms with Crippen LogP contribution in [0.15, 0.2) is 24.3 Å². The van der Waals surface area contributed by atoms with Crippen LogP contribution >= 0.6 is 0 Å². The average molecular weight is 371 g/mol. The van der Waals surface area contributed by atoms with Gasteiger partial charge in [-0.25, -0.2) is 14.8 Å². The lowest BCUT2D eigenvalue weighted by Gasteiger charge is -2.27. The van der Waals surface area contributed by atoms with Gasteiger partial charge in [0.2, 0.25) is 0 Å². The molecule has 7 nitrogen and oxygen atoms in total. The molecule has 1 aromatic carbocycles. The normalized spacial score (nSPS) is 16.4. The van der Waals surface area contributed by atoms with Crippen LogP contribution in [-0.4, -0.2) is 59.7 Å². The Morgan fingerprint density at radius 2 is 2.00 bits per heavy atom. The molecule has 1 aliphatic heterocycles. The van der Waals surface area contributed by atoms with Crippen molar-refractivity contribution in [1.29, 1.82) is 0 Å². The number of nitrogens with zero attached hydrogens (tertiary/aromatic N) is 3. The summed E-state index contributed by atoms with van der Waals surface area (Å²) >= 11 is 0. The van der Waals surface area contributed by atoms with E-state index in [1.165, 1.54) is 0 Å². The van der Waals surface area contributed by atoms with Gasteiger partial charge in [0.15, 0.2) is 0 Å². The average Bonchev–Trinajstić information content (AvgIpc) is 2.66. The van der Waals surface area contributed by atoms with Gasteiger partial charge in [-0.15, -0.1) is 0 Å². The van der Waals surface area contributed by atoms with E-state index in [0.29, 0.717) is 19.0 Å². The number of hydrogen-bond donors (Lipinski definition) is 2. The lowest BCUT2D eigenvalue weighted by Crippen LogP contribution is -2.43. The summed E-state index contributed by atoms with van der Waals surface area (Å²) in [6.07, 6.45) is 0. The molecule has 27 heavy (non-hydrogen) atoms. The first-order valence-corrected chi connectivity index (χ1v) is 9.70. The second-order valence-electron chi connectivity index (χ2n) is 7.15. The van der Waals surface area contributed by atoms with E-state index < -0.39 is 6.04 Å². The molecule has 7 heteroatoms. The van der Waals surface area contributed by atoms with Crippen molar-refractivity contribution in [3.05, 3.63) is 30.1 Å². The van der Waals surface area contributed by atoms with E-state index >= 15 is 0 Å². The fraction of sp³-hybridized carbons (Fsp3) is 0.550. The lowest BCUT2D eigenvalue weighted by atomic mass is 10.0. The summed E-state index contributed by atoms with van der Waals surface area (Å²) in [5, 5.41) is 7.60. The molecule has 0 spiro atoms. The fourth-order valence-electron chi connectivity index (χ4n) is 3.25. The van der Waals surface area contributed by atoms with Crippen LogP contribution < -0.4 is 10.6 Å². The minimum Gasteiger partial charge on any atom is -0.464 e. The van der Waals surface area contributed by atoms with Crippen molar-refractivity contribution in [3.63, 3.8) is 0 Å². The second kappa shape index (κ2) is 9.10. The van der Waals surface area contributed by atoms with Crippen molar-refractivity contribution < 1.29 is 9.53 Å². The van der Waals surface area contributed by atoms with Crippen LogP contribution in [0.1, 0.15) is 26.6 Å². The first-order chi connectivity index (χ1) is 13.1. The van der Waals surface area contributed by atoms with Crippen LogP contribution in [0.25, 0.3) is 10.9 Å². The van der Waals surface area contributed by atoms with Gasteiger partial charge in [0, 0.05) is 31.6 Å². The highest BCUT2D eigenvalue weighted by atomic mass is 16.5. The minimum absolute atomic E-state index is 0.0781. The predicted octanol–water partition coefficient (Wildman–Crippen LogP) is 2.03. The van der Waals surface area contributed by atoms with Crippen molar-refractivity contribution in [2.24, 2.45) is 5.92 Å². The van der Waals surface area contributed by atoms with Gasteiger partial charge in [-0.05, 0) is 25.0 Å². The molecule has 0 amide bonds. The summed E-state index contributed by atoms with van der Waals surface area (Å²) in [6, 6.07) is 7.45. The molecule has 2 aromatic rings. The molecule has 0 aliphatic carbocycles. The molecular weight excluding hydrogens is 342 g/mol. The highest BCUT2D eigenvalue weighted by Gasteiger charge is 2.25. The highest BCUT2D eigenvalue weighted by Crippen LogP contribution is 2.23. The number of piperazine rings is 1. The molecule has 1 aliphatic rings. The third kappa shape index (κ3) is 4.93. The van der Waals surface area contributed by atoms with Gasteiger partial charge in [0.1, 0.15) is 17.7 Å². The van der Waals surface area contributed by atoms with Crippen LogP contribution in [0.4, 0.5) is 5.82 Å². The van der Waals surface area contributed by atoms with E-state index in [9.17, 15) is 4.79 Å². The van der Waals surface area contributed by atoms with Crippen molar-refractivity contribution in [2.75, 3.05) is 38.1 Å². The number of rotatable bonds is 7. The summed E-state index contributed by atoms with van der Waals surface area (Å²) in [5.41, 5.74) is 0.881. The summed E-state index contributed by atoms with van der Waals surface area (Å²) in [5.74, 6) is 1.29. The molecule has 1 fully saturated rings. The third-order valence-corrected chi connectivity index (χ3v) is 4.72. The van der Waals surface area contributed by atoms with Gasteiger partial charge in [-0.3, -0.25) is 4.90 Å². The summed E-state index contributed by atoms with van der Waals surface area (Å²) in [4.78, 5) is 24.2. The molecule has 1 atom stereocenters. The summed E-state index contributed by atoms with van der Waals surface area (Å²) < 4.78 is 5.24. The SMILES string of the molecule is CCOC(=O)[C@@H](Nc1nc(CN2CCNCC2)nc2ccccc12)C(C)C. The number of para-hydroxylation sites is 1. The van der Waals surface area contributed by atoms with Crippen LogP contribution in [0.3, 0.4) is 0 Å². The van der Waals surface area contributed by atoms with E-state index in [0.717, 1.165) is 42.9 Å². The van der Waals surface area contributed by atoms with Crippen molar-refractivity contribution in [1.82, 2.24) is 20.2 Å². The van der Waals surface area contributed by atoms with Gasteiger partial charge < -0.3 is 15.4 Å². The van der Waals surface area contributed by atoms with Crippen LogP contribution in [-0.2, 0) is 16.1 Å². The largest absolute Gasteiger partial charge is 0.464 e. The first kappa shape index (κ1) is 19.5. The van der Waals surface area contributed by atoms with E-state index in [1.54, 1.807) is 0 Å².